The average Bonchev–Trinajstić information content (AvgIpc) is 1.85. The molecule has 1 aromatic heterocycles. The highest BCUT2D eigenvalue weighted by molar-refractivity contribution is 9.12. The van der Waals surface area contributed by atoms with Crippen LogP contribution in [0, 0.1) is 0 Å². The quantitative estimate of drug-likeness (QED) is 0.733. The van der Waals surface area contributed by atoms with Crippen LogP contribution in [0.15, 0.2) is 9.47 Å². The monoisotopic (exact) mass is 303 g/mol. The van der Waals surface area contributed by atoms with E-state index in [-0.39, 0.29) is 0 Å². The molecule has 44 valence electrons. The molecule has 0 bridgehead atoms. The van der Waals surface area contributed by atoms with E-state index >= 15 is 0 Å². The zero-order valence-electron chi connectivity index (χ0n) is 3.48. The van der Waals surface area contributed by atoms with Crippen molar-refractivity contribution in [3.8, 4) is 0 Å². The van der Waals surface area contributed by atoms with Crippen molar-refractivity contribution in [2.75, 3.05) is 0 Å². The van der Waals surface area contributed by atoms with Gasteiger partial charge in [0.15, 0.2) is 0 Å². The average molecular weight is 306 g/mol. The van der Waals surface area contributed by atoms with Crippen LogP contribution < -0.4 is 0 Å². The highest BCUT2D eigenvalue weighted by atomic mass is 79.9. The SMILES string of the molecule is Brc1nc(Br)n(Br)n1. The maximum absolute atomic E-state index is 3.85. The summed E-state index contributed by atoms with van der Waals surface area (Å²) in [6.45, 7) is 0. The topological polar surface area (TPSA) is 30.7 Å². The minimum Gasteiger partial charge on any atom is -0.194 e. The van der Waals surface area contributed by atoms with Gasteiger partial charge in [0.1, 0.15) is 0 Å². The van der Waals surface area contributed by atoms with Gasteiger partial charge in [-0.25, -0.2) is 0 Å². The molecule has 1 heterocycles. The van der Waals surface area contributed by atoms with Gasteiger partial charge >= 0.3 is 0 Å². The molecule has 8 heavy (non-hydrogen) atoms. The van der Waals surface area contributed by atoms with Crippen LogP contribution in [0.4, 0.5) is 0 Å². The third-order valence-corrected chi connectivity index (χ3v) is 2.33. The first kappa shape index (κ1) is 6.70. The Hall–Kier alpha value is 0.580. The van der Waals surface area contributed by atoms with Crippen molar-refractivity contribution >= 4 is 48.0 Å². The molecule has 0 atom stereocenters. The summed E-state index contributed by atoms with van der Waals surface area (Å²) in [5, 5.41) is 3.80. The van der Waals surface area contributed by atoms with Crippen molar-refractivity contribution < 1.29 is 0 Å². The van der Waals surface area contributed by atoms with Crippen LogP contribution in [-0.4, -0.2) is 13.8 Å². The van der Waals surface area contributed by atoms with Gasteiger partial charge < -0.3 is 0 Å². The van der Waals surface area contributed by atoms with Crippen LogP contribution in [0.5, 0.6) is 0 Å². The highest BCUT2D eigenvalue weighted by Crippen LogP contribution is 2.12. The van der Waals surface area contributed by atoms with E-state index < -0.39 is 0 Å². The highest BCUT2D eigenvalue weighted by Gasteiger charge is 1.98. The molecular weight excluding hydrogens is 306 g/mol. The van der Waals surface area contributed by atoms with Crippen LogP contribution in [0.25, 0.3) is 0 Å². The summed E-state index contributed by atoms with van der Waals surface area (Å²) in [5.41, 5.74) is 0. The molecule has 0 spiro atoms. The fraction of sp³-hybridized carbons (Fsp3) is 0. The molecule has 0 aromatic carbocycles. The van der Waals surface area contributed by atoms with Gasteiger partial charge in [0.2, 0.25) is 9.47 Å². The van der Waals surface area contributed by atoms with Crippen molar-refractivity contribution in [1.29, 1.82) is 0 Å². The number of rotatable bonds is 0. The lowest BCUT2D eigenvalue weighted by molar-refractivity contribution is 0.996. The van der Waals surface area contributed by atoms with Crippen molar-refractivity contribution in [1.82, 2.24) is 13.8 Å². The van der Waals surface area contributed by atoms with Crippen molar-refractivity contribution in [2.24, 2.45) is 0 Å². The second-order valence-corrected chi connectivity index (χ2v) is 3.10. The Morgan fingerprint density at radius 1 is 1.38 bits per heavy atom. The molecule has 0 aliphatic carbocycles. The van der Waals surface area contributed by atoms with E-state index in [9.17, 15) is 0 Å². The fourth-order valence-corrected chi connectivity index (χ4v) is 1.51. The molecule has 0 radical (unpaired) electrons. The molecule has 0 aliphatic heterocycles. The first-order valence-corrected chi connectivity index (χ1v) is 3.94. The summed E-state index contributed by atoms with van der Waals surface area (Å²) in [5.74, 6) is 0. The molecule has 0 saturated heterocycles. The minimum absolute atomic E-state index is 0.557. The summed E-state index contributed by atoms with van der Waals surface area (Å²) in [6.07, 6.45) is 0. The van der Waals surface area contributed by atoms with E-state index in [1.54, 1.807) is 0 Å². The number of hydrogen-bond donors (Lipinski definition) is 0. The van der Waals surface area contributed by atoms with Gasteiger partial charge in [0.05, 0.1) is 16.1 Å². The molecule has 0 fully saturated rings. The Morgan fingerprint density at radius 2 is 2.00 bits per heavy atom. The Labute approximate surface area is 71.1 Å². The van der Waals surface area contributed by atoms with Crippen LogP contribution in [-0.2, 0) is 0 Å². The van der Waals surface area contributed by atoms with Gasteiger partial charge in [0.25, 0.3) is 0 Å². The van der Waals surface area contributed by atoms with Crippen LogP contribution in [0.1, 0.15) is 0 Å². The normalized spacial score (nSPS) is 9.88. The summed E-state index contributed by atoms with van der Waals surface area (Å²) in [4.78, 5) is 3.85. The minimum atomic E-state index is 0.557. The van der Waals surface area contributed by atoms with Crippen molar-refractivity contribution in [3.05, 3.63) is 9.47 Å². The zero-order chi connectivity index (χ0) is 6.15. The maximum atomic E-state index is 3.85. The summed E-state index contributed by atoms with van der Waals surface area (Å²) in [6, 6.07) is 0. The van der Waals surface area contributed by atoms with Gasteiger partial charge in [-0.2, -0.15) is 8.69 Å². The van der Waals surface area contributed by atoms with Crippen LogP contribution in [0.3, 0.4) is 0 Å². The van der Waals surface area contributed by atoms with Gasteiger partial charge in [-0.1, -0.05) is 0 Å². The molecule has 0 unspecified atom stereocenters. The van der Waals surface area contributed by atoms with Crippen molar-refractivity contribution in [3.63, 3.8) is 0 Å². The van der Waals surface area contributed by atoms with Gasteiger partial charge in [-0.05, 0) is 31.9 Å². The van der Waals surface area contributed by atoms with Crippen LogP contribution in [0.2, 0.25) is 0 Å². The van der Waals surface area contributed by atoms with E-state index in [0.29, 0.717) is 9.47 Å². The number of hydrogen-bond acceptors (Lipinski definition) is 2. The van der Waals surface area contributed by atoms with Gasteiger partial charge in [-0.15, -0.1) is 5.10 Å². The van der Waals surface area contributed by atoms with E-state index in [1.807, 2.05) is 0 Å². The Bertz CT molecular complexity index is 175. The third kappa shape index (κ3) is 1.29. The third-order valence-electron chi connectivity index (χ3n) is 0.507. The Kier molecular flexibility index (Phi) is 2.05. The molecule has 1 aromatic rings. The van der Waals surface area contributed by atoms with E-state index in [0.717, 1.165) is 0 Å². The first-order chi connectivity index (χ1) is 3.70. The molecule has 0 aliphatic rings. The molecule has 0 saturated carbocycles. The number of halogens is 3. The van der Waals surface area contributed by atoms with E-state index in [2.05, 4.69) is 58.1 Å². The smallest absolute Gasteiger partial charge is 0.194 e. The standard InChI is InChI=1S/C2Br3N3/c3-1-6-2(4)8(5)7-1. The predicted octanol–water partition coefficient (Wildman–Crippen LogP) is 1.96. The van der Waals surface area contributed by atoms with E-state index in [1.165, 1.54) is 3.71 Å². The molecule has 0 amide bonds. The largest absolute Gasteiger partial charge is 0.219 e. The zero-order valence-corrected chi connectivity index (χ0v) is 8.23. The number of nitrogens with zero attached hydrogens (tertiary/aromatic N) is 3. The van der Waals surface area contributed by atoms with Crippen molar-refractivity contribution in [2.45, 2.75) is 0 Å². The predicted molar refractivity (Wildman–Crippen MR) is 39.7 cm³/mol. The fourth-order valence-electron chi connectivity index (χ4n) is 0.253. The molecule has 1 rings (SSSR count). The molecule has 6 heteroatoms. The summed E-state index contributed by atoms with van der Waals surface area (Å²) in [7, 11) is 0. The van der Waals surface area contributed by atoms with E-state index in [4.69, 9.17) is 0 Å². The second kappa shape index (κ2) is 2.45. The van der Waals surface area contributed by atoms with Crippen LogP contribution >= 0.6 is 48.0 Å². The second-order valence-electron chi connectivity index (χ2n) is 1.01. The Balaban J connectivity index is 3.14. The van der Waals surface area contributed by atoms with Gasteiger partial charge in [0, 0.05) is 0 Å². The lowest BCUT2D eigenvalue weighted by Gasteiger charge is -1.78. The van der Waals surface area contributed by atoms with Gasteiger partial charge in [-0.3, -0.25) is 0 Å². The maximum Gasteiger partial charge on any atom is 0.219 e. The molecular formula is C2Br3N3. The molecule has 3 nitrogen and oxygen atoms in total. The first-order valence-electron chi connectivity index (χ1n) is 1.64. The molecule has 0 N–H and O–H groups in total. The summed E-state index contributed by atoms with van der Waals surface area (Å²) >= 11 is 9.29. The summed E-state index contributed by atoms with van der Waals surface area (Å²) < 4.78 is 2.64. The Morgan fingerprint density at radius 3 is 2.12 bits per heavy atom. The lowest BCUT2D eigenvalue weighted by Crippen LogP contribution is -1.78. The number of aromatic nitrogens is 3. The lowest BCUT2D eigenvalue weighted by atomic mass is 11.3.